The summed E-state index contributed by atoms with van der Waals surface area (Å²) >= 11 is 0. The molecule has 1 heterocycles. The van der Waals surface area contributed by atoms with Crippen LogP contribution in [0.3, 0.4) is 0 Å². The van der Waals surface area contributed by atoms with Crippen LogP contribution in [0.4, 0.5) is 0 Å². The van der Waals surface area contributed by atoms with Gasteiger partial charge < -0.3 is 14.8 Å². The number of benzene rings is 2. The molecule has 134 valence electrons. The summed E-state index contributed by atoms with van der Waals surface area (Å²) in [6, 6.07) is 19.7. The monoisotopic (exact) mass is 359 g/mol. The Bertz CT molecular complexity index is 691. The predicted octanol–water partition coefficient (Wildman–Crippen LogP) is 3.10. The van der Waals surface area contributed by atoms with Crippen molar-refractivity contribution >= 4 is 10.8 Å². The van der Waals surface area contributed by atoms with Gasteiger partial charge in [0.05, 0.1) is 17.4 Å². The fourth-order valence-electron chi connectivity index (χ4n) is 2.89. The van der Waals surface area contributed by atoms with Crippen LogP contribution in [0, 0.1) is 0 Å². The molecular weight excluding hydrogens is 334 g/mol. The van der Waals surface area contributed by atoms with Gasteiger partial charge in [-0.25, -0.2) is 0 Å². The number of hydrogen-bond donors (Lipinski definition) is 1. The fraction of sp³-hybridized carbons (Fsp3) is 0.400. The van der Waals surface area contributed by atoms with E-state index in [1.54, 1.807) is 0 Å². The van der Waals surface area contributed by atoms with E-state index in [-0.39, 0.29) is 12.1 Å². The molecule has 0 amide bonds. The predicted molar refractivity (Wildman–Crippen MR) is 99.7 cm³/mol. The van der Waals surface area contributed by atoms with Crippen molar-refractivity contribution in [1.29, 1.82) is 0 Å². The van der Waals surface area contributed by atoms with Gasteiger partial charge in [-0.15, -0.1) is 0 Å². The molecule has 1 aliphatic rings. The van der Waals surface area contributed by atoms with Crippen molar-refractivity contribution in [3.05, 3.63) is 66.2 Å². The lowest BCUT2D eigenvalue weighted by molar-refractivity contribution is -0.141. The summed E-state index contributed by atoms with van der Waals surface area (Å²) < 4.78 is 24.5. The second kappa shape index (κ2) is 8.23. The molecule has 3 rings (SSSR count). The Labute approximate surface area is 152 Å². The van der Waals surface area contributed by atoms with E-state index in [4.69, 9.17) is 9.47 Å². The van der Waals surface area contributed by atoms with Gasteiger partial charge in [0, 0.05) is 23.2 Å². The van der Waals surface area contributed by atoms with Crippen LogP contribution >= 0.6 is 0 Å². The molecule has 2 aromatic rings. The van der Waals surface area contributed by atoms with Gasteiger partial charge in [0.1, 0.15) is 6.10 Å². The van der Waals surface area contributed by atoms with Crippen molar-refractivity contribution in [2.75, 3.05) is 12.4 Å². The summed E-state index contributed by atoms with van der Waals surface area (Å²) in [5, 5.41) is 3.52. The minimum Gasteiger partial charge on any atom is -0.348 e. The molecule has 25 heavy (non-hydrogen) atoms. The Hall–Kier alpha value is -1.53. The lowest BCUT2D eigenvalue weighted by Gasteiger charge is -2.25. The Kier molecular flexibility index (Phi) is 6.02. The first kappa shape index (κ1) is 18.3. The van der Waals surface area contributed by atoms with Gasteiger partial charge in [-0.05, 0) is 31.5 Å². The average Bonchev–Trinajstić information content (AvgIpc) is 3.00. The molecule has 1 saturated heterocycles. The van der Waals surface area contributed by atoms with Gasteiger partial charge in [0.15, 0.2) is 5.79 Å². The lowest BCUT2D eigenvalue weighted by atomic mass is 10.1. The van der Waals surface area contributed by atoms with Crippen molar-refractivity contribution in [3.8, 4) is 0 Å². The SMILES string of the molecule is CC1(C)OC[C@H]([C@H](CS(=O)c2ccccc2)NCc2ccccc2)O1. The maximum Gasteiger partial charge on any atom is 0.163 e. The maximum absolute atomic E-state index is 12.8. The summed E-state index contributed by atoms with van der Waals surface area (Å²) in [6.45, 7) is 5.04. The number of nitrogens with one attached hydrogen (secondary N) is 1. The molecule has 1 aliphatic heterocycles. The fourth-order valence-corrected chi connectivity index (χ4v) is 4.20. The smallest absolute Gasteiger partial charge is 0.163 e. The van der Waals surface area contributed by atoms with Crippen LogP contribution in [0.5, 0.6) is 0 Å². The van der Waals surface area contributed by atoms with Gasteiger partial charge in [0.2, 0.25) is 0 Å². The van der Waals surface area contributed by atoms with Gasteiger partial charge in [0.25, 0.3) is 0 Å². The van der Waals surface area contributed by atoms with E-state index in [9.17, 15) is 4.21 Å². The third kappa shape index (κ3) is 5.22. The Morgan fingerprint density at radius 1 is 1.12 bits per heavy atom. The first-order chi connectivity index (χ1) is 12.0. The quantitative estimate of drug-likeness (QED) is 0.825. The molecule has 0 aromatic heterocycles. The van der Waals surface area contributed by atoms with Crippen molar-refractivity contribution in [3.63, 3.8) is 0 Å². The number of ether oxygens (including phenoxy) is 2. The lowest BCUT2D eigenvalue weighted by Crippen LogP contribution is -2.45. The highest BCUT2D eigenvalue weighted by Gasteiger charge is 2.37. The molecule has 4 nitrogen and oxygen atoms in total. The molecule has 0 bridgehead atoms. The molecule has 2 aromatic carbocycles. The minimum atomic E-state index is -1.09. The van der Waals surface area contributed by atoms with E-state index >= 15 is 0 Å². The Morgan fingerprint density at radius 3 is 2.36 bits per heavy atom. The summed E-state index contributed by atoms with van der Waals surface area (Å²) in [4.78, 5) is 0.840. The molecule has 3 atom stereocenters. The highest BCUT2D eigenvalue weighted by molar-refractivity contribution is 7.85. The second-order valence-corrected chi connectivity index (χ2v) is 8.16. The highest BCUT2D eigenvalue weighted by Crippen LogP contribution is 2.25. The molecule has 0 aliphatic carbocycles. The largest absolute Gasteiger partial charge is 0.348 e. The summed E-state index contributed by atoms with van der Waals surface area (Å²) in [6.07, 6.45) is -0.119. The van der Waals surface area contributed by atoms with Gasteiger partial charge in [-0.1, -0.05) is 48.5 Å². The van der Waals surface area contributed by atoms with Crippen LogP contribution in [0.1, 0.15) is 19.4 Å². The van der Waals surface area contributed by atoms with Crippen LogP contribution in [-0.2, 0) is 26.8 Å². The van der Waals surface area contributed by atoms with Gasteiger partial charge in [-0.3, -0.25) is 4.21 Å². The van der Waals surface area contributed by atoms with E-state index in [1.165, 1.54) is 5.56 Å². The summed E-state index contributed by atoms with van der Waals surface area (Å²) in [5.74, 6) is -0.105. The van der Waals surface area contributed by atoms with Crippen molar-refractivity contribution < 1.29 is 13.7 Å². The number of hydrogen-bond acceptors (Lipinski definition) is 4. The van der Waals surface area contributed by atoms with Gasteiger partial charge >= 0.3 is 0 Å². The standard InChI is InChI=1S/C20H25NO3S/c1-20(2)23-14-19(24-20)18(21-13-16-9-5-3-6-10-16)15-25(22)17-11-7-4-8-12-17/h3-12,18-19,21H,13-15H2,1-2H3/t18-,19+,25?/m0/s1. The molecular formula is C20H25NO3S. The first-order valence-electron chi connectivity index (χ1n) is 8.56. The molecule has 1 N–H and O–H groups in total. The molecule has 1 unspecified atom stereocenters. The zero-order valence-corrected chi connectivity index (χ0v) is 15.5. The molecule has 1 fully saturated rings. The highest BCUT2D eigenvalue weighted by atomic mass is 32.2. The van der Waals surface area contributed by atoms with Crippen LogP contribution in [0.15, 0.2) is 65.6 Å². The van der Waals surface area contributed by atoms with Gasteiger partial charge in [-0.2, -0.15) is 0 Å². The Balaban J connectivity index is 1.69. The van der Waals surface area contributed by atoms with Crippen LogP contribution < -0.4 is 5.32 Å². The second-order valence-electron chi connectivity index (χ2n) is 6.67. The van der Waals surface area contributed by atoms with Crippen LogP contribution in [0.25, 0.3) is 0 Å². The minimum absolute atomic E-state index is 0.0528. The number of rotatable bonds is 7. The third-order valence-corrected chi connectivity index (χ3v) is 5.69. The van der Waals surface area contributed by atoms with Crippen molar-refractivity contribution in [1.82, 2.24) is 5.32 Å². The van der Waals surface area contributed by atoms with Crippen LogP contribution in [-0.4, -0.2) is 34.5 Å². The van der Waals surface area contributed by atoms with E-state index in [2.05, 4.69) is 17.4 Å². The molecule has 5 heteroatoms. The zero-order chi connectivity index (χ0) is 17.7. The molecule has 0 saturated carbocycles. The maximum atomic E-state index is 12.8. The van der Waals surface area contributed by atoms with E-state index in [0.717, 1.165) is 4.90 Å². The third-order valence-electron chi connectivity index (χ3n) is 4.23. The van der Waals surface area contributed by atoms with Crippen molar-refractivity contribution in [2.45, 2.75) is 43.2 Å². The summed E-state index contributed by atoms with van der Waals surface area (Å²) in [7, 11) is -1.09. The van der Waals surface area contributed by atoms with E-state index in [0.29, 0.717) is 18.9 Å². The normalized spacial score (nSPS) is 21.8. The van der Waals surface area contributed by atoms with E-state index in [1.807, 2.05) is 62.4 Å². The van der Waals surface area contributed by atoms with E-state index < -0.39 is 16.6 Å². The summed E-state index contributed by atoms with van der Waals surface area (Å²) in [5.41, 5.74) is 1.19. The van der Waals surface area contributed by atoms with Crippen LogP contribution in [0.2, 0.25) is 0 Å². The zero-order valence-electron chi connectivity index (χ0n) is 14.7. The molecule has 0 radical (unpaired) electrons. The topological polar surface area (TPSA) is 47.6 Å². The van der Waals surface area contributed by atoms with Crippen molar-refractivity contribution in [2.24, 2.45) is 0 Å². The Morgan fingerprint density at radius 2 is 1.76 bits per heavy atom. The first-order valence-corrected chi connectivity index (χ1v) is 9.88. The molecule has 0 spiro atoms. The average molecular weight is 359 g/mol.